The van der Waals surface area contributed by atoms with Crippen molar-refractivity contribution in [2.45, 2.75) is 13.0 Å². The Labute approximate surface area is 206 Å². The summed E-state index contributed by atoms with van der Waals surface area (Å²) in [7, 11) is 1.45. The minimum atomic E-state index is -0.900. The van der Waals surface area contributed by atoms with Crippen molar-refractivity contribution in [2.75, 3.05) is 18.6 Å². The van der Waals surface area contributed by atoms with Crippen molar-refractivity contribution in [2.24, 2.45) is 0 Å². The van der Waals surface area contributed by atoms with E-state index >= 15 is 0 Å². The van der Waals surface area contributed by atoms with E-state index in [9.17, 15) is 14.7 Å². The van der Waals surface area contributed by atoms with Gasteiger partial charge in [0, 0.05) is 16.3 Å². The summed E-state index contributed by atoms with van der Waals surface area (Å²) in [5.74, 6) is -1.01. The van der Waals surface area contributed by atoms with Crippen LogP contribution in [0, 0.1) is 0 Å². The summed E-state index contributed by atoms with van der Waals surface area (Å²) in [5, 5.41) is 12.1. The van der Waals surface area contributed by atoms with Crippen LogP contribution >= 0.6 is 23.2 Å². The minimum absolute atomic E-state index is 0.0574. The number of anilines is 1. The second-order valence-electron chi connectivity index (χ2n) is 7.50. The smallest absolute Gasteiger partial charge is 0.300 e. The van der Waals surface area contributed by atoms with Crippen LogP contribution in [0.5, 0.6) is 11.5 Å². The molecule has 1 fully saturated rings. The first-order chi connectivity index (χ1) is 16.3. The molecule has 0 bridgehead atoms. The number of hydrogen-bond acceptors (Lipinski definition) is 5. The minimum Gasteiger partial charge on any atom is -0.507 e. The van der Waals surface area contributed by atoms with Crippen molar-refractivity contribution in [1.82, 2.24) is 0 Å². The number of carbonyl (C=O) groups is 2. The highest BCUT2D eigenvalue weighted by Gasteiger charge is 2.47. The number of halogens is 2. The van der Waals surface area contributed by atoms with Crippen molar-refractivity contribution in [3.8, 4) is 11.5 Å². The molecule has 1 unspecified atom stereocenters. The first kappa shape index (κ1) is 23.7. The lowest BCUT2D eigenvalue weighted by atomic mass is 9.95. The second kappa shape index (κ2) is 9.79. The van der Waals surface area contributed by atoms with E-state index in [1.165, 1.54) is 18.1 Å². The van der Waals surface area contributed by atoms with Gasteiger partial charge in [0.1, 0.15) is 17.3 Å². The fourth-order valence-corrected chi connectivity index (χ4v) is 4.24. The van der Waals surface area contributed by atoms with Crippen LogP contribution in [0.3, 0.4) is 0 Å². The lowest BCUT2D eigenvalue weighted by Crippen LogP contribution is -2.29. The number of methoxy groups -OCH3 is 1. The number of ether oxygens (including phenoxy) is 2. The topological polar surface area (TPSA) is 76.1 Å². The molecule has 1 aliphatic heterocycles. The van der Waals surface area contributed by atoms with Crippen LogP contribution in [-0.2, 0) is 9.59 Å². The summed E-state index contributed by atoms with van der Waals surface area (Å²) in [4.78, 5) is 27.8. The van der Waals surface area contributed by atoms with Crippen molar-refractivity contribution < 1.29 is 24.2 Å². The number of aliphatic hydroxyl groups is 1. The summed E-state index contributed by atoms with van der Waals surface area (Å²) >= 11 is 12.2. The molecule has 8 heteroatoms. The number of rotatable bonds is 6. The van der Waals surface area contributed by atoms with Crippen LogP contribution in [0.15, 0.2) is 72.3 Å². The molecule has 1 atom stereocenters. The SMILES string of the molecule is CCOc1cccc(C2/C(=C(/O)c3ccc(Cl)c(OC)c3)C(=O)C(=O)N2c2ccc(Cl)cc2)c1. The maximum absolute atomic E-state index is 13.3. The summed E-state index contributed by atoms with van der Waals surface area (Å²) in [6.45, 7) is 2.31. The fraction of sp³-hybridized carbons (Fsp3) is 0.154. The first-order valence-corrected chi connectivity index (χ1v) is 11.2. The maximum atomic E-state index is 13.3. The van der Waals surface area contributed by atoms with Crippen LogP contribution in [-0.4, -0.2) is 30.5 Å². The summed E-state index contributed by atoms with van der Waals surface area (Å²) in [6, 6.07) is 17.4. The Balaban J connectivity index is 1.94. The molecular formula is C26H21Cl2NO5. The molecule has 1 saturated heterocycles. The molecule has 1 aliphatic rings. The third kappa shape index (κ3) is 4.34. The number of Topliss-reactive ketones (excluding diaryl/α,β-unsaturated/α-hetero) is 1. The number of carbonyl (C=O) groups excluding carboxylic acids is 2. The quantitative estimate of drug-likeness (QED) is 0.255. The second-order valence-corrected chi connectivity index (χ2v) is 8.34. The zero-order chi connectivity index (χ0) is 24.4. The van der Waals surface area contributed by atoms with Gasteiger partial charge in [-0.25, -0.2) is 0 Å². The van der Waals surface area contributed by atoms with E-state index in [1.807, 2.05) is 6.92 Å². The molecule has 3 aromatic carbocycles. The van der Waals surface area contributed by atoms with Gasteiger partial charge in [-0.1, -0.05) is 35.3 Å². The van der Waals surface area contributed by atoms with Gasteiger partial charge < -0.3 is 14.6 Å². The molecule has 6 nitrogen and oxygen atoms in total. The Bertz CT molecular complexity index is 1290. The van der Waals surface area contributed by atoms with Gasteiger partial charge in [0.25, 0.3) is 11.7 Å². The van der Waals surface area contributed by atoms with Gasteiger partial charge in [-0.15, -0.1) is 0 Å². The van der Waals surface area contributed by atoms with Crippen molar-refractivity contribution >= 4 is 46.3 Å². The van der Waals surface area contributed by atoms with Crippen LogP contribution in [0.1, 0.15) is 24.1 Å². The molecule has 1 heterocycles. The number of aliphatic hydroxyl groups excluding tert-OH is 1. The molecular weight excluding hydrogens is 477 g/mol. The first-order valence-electron chi connectivity index (χ1n) is 10.5. The van der Waals surface area contributed by atoms with E-state index in [1.54, 1.807) is 60.7 Å². The molecule has 174 valence electrons. The average Bonchev–Trinajstić information content (AvgIpc) is 3.10. The number of ketones is 1. The Hall–Kier alpha value is -3.48. The van der Waals surface area contributed by atoms with Crippen molar-refractivity contribution in [3.63, 3.8) is 0 Å². The van der Waals surface area contributed by atoms with E-state index in [0.717, 1.165) is 0 Å². The van der Waals surface area contributed by atoms with E-state index in [0.29, 0.717) is 45.0 Å². The molecule has 0 saturated carbocycles. The molecule has 3 aromatic rings. The van der Waals surface area contributed by atoms with Gasteiger partial charge in [-0.3, -0.25) is 14.5 Å². The van der Waals surface area contributed by atoms with Crippen LogP contribution in [0.2, 0.25) is 10.0 Å². The predicted octanol–water partition coefficient (Wildman–Crippen LogP) is 6.03. The number of amides is 1. The van der Waals surface area contributed by atoms with Gasteiger partial charge in [0.05, 0.1) is 30.4 Å². The molecule has 0 aromatic heterocycles. The van der Waals surface area contributed by atoms with E-state index in [-0.39, 0.29) is 11.3 Å². The fourth-order valence-electron chi connectivity index (χ4n) is 3.92. The standard InChI is InChI=1S/C26H21Cl2NO5/c1-3-34-19-6-4-5-15(13-19)23-22(24(30)16-7-12-20(28)21(14-16)33-2)25(31)26(32)29(23)18-10-8-17(27)9-11-18/h4-14,23,30H,3H2,1-2H3/b24-22-. The highest BCUT2D eigenvalue weighted by Crippen LogP contribution is 2.43. The molecule has 0 spiro atoms. The van der Waals surface area contributed by atoms with Crippen molar-refractivity contribution in [1.29, 1.82) is 0 Å². The van der Waals surface area contributed by atoms with E-state index < -0.39 is 17.7 Å². The normalized spacial score (nSPS) is 17.2. The number of benzene rings is 3. The van der Waals surface area contributed by atoms with Crippen LogP contribution in [0.4, 0.5) is 5.69 Å². The van der Waals surface area contributed by atoms with E-state index in [2.05, 4.69) is 0 Å². The van der Waals surface area contributed by atoms with Gasteiger partial charge >= 0.3 is 0 Å². The molecule has 0 radical (unpaired) electrons. The highest BCUT2D eigenvalue weighted by molar-refractivity contribution is 6.51. The zero-order valence-electron chi connectivity index (χ0n) is 18.4. The van der Waals surface area contributed by atoms with E-state index in [4.69, 9.17) is 32.7 Å². The third-order valence-corrected chi connectivity index (χ3v) is 6.02. The summed E-state index contributed by atoms with van der Waals surface area (Å²) in [5.41, 5.74) is 1.30. The highest BCUT2D eigenvalue weighted by atomic mass is 35.5. The van der Waals surface area contributed by atoms with Crippen molar-refractivity contribution in [3.05, 3.63) is 93.5 Å². The number of nitrogens with zero attached hydrogens (tertiary/aromatic N) is 1. The van der Waals surface area contributed by atoms with Gasteiger partial charge in [0.15, 0.2) is 0 Å². The maximum Gasteiger partial charge on any atom is 0.300 e. The van der Waals surface area contributed by atoms with Crippen LogP contribution in [0.25, 0.3) is 5.76 Å². The molecule has 34 heavy (non-hydrogen) atoms. The zero-order valence-corrected chi connectivity index (χ0v) is 19.9. The van der Waals surface area contributed by atoms with Crippen LogP contribution < -0.4 is 14.4 Å². The van der Waals surface area contributed by atoms with Gasteiger partial charge in [-0.05, 0) is 67.1 Å². The molecule has 1 N–H and O–H groups in total. The van der Waals surface area contributed by atoms with Gasteiger partial charge in [-0.2, -0.15) is 0 Å². The third-order valence-electron chi connectivity index (χ3n) is 5.46. The Kier molecular flexibility index (Phi) is 6.82. The summed E-state index contributed by atoms with van der Waals surface area (Å²) in [6.07, 6.45) is 0. The average molecular weight is 498 g/mol. The van der Waals surface area contributed by atoms with Gasteiger partial charge in [0.2, 0.25) is 0 Å². The predicted molar refractivity (Wildman–Crippen MR) is 132 cm³/mol. The molecule has 1 amide bonds. The summed E-state index contributed by atoms with van der Waals surface area (Å²) < 4.78 is 10.9. The lowest BCUT2D eigenvalue weighted by Gasteiger charge is -2.26. The molecule has 0 aliphatic carbocycles. The number of hydrogen-bond donors (Lipinski definition) is 1. The monoisotopic (exact) mass is 497 g/mol. The Morgan fingerprint density at radius 3 is 2.44 bits per heavy atom. The Morgan fingerprint density at radius 2 is 1.76 bits per heavy atom. The largest absolute Gasteiger partial charge is 0.507 e. The Morgan fingerprint density at radius 1 is 1.03 bits per heavy atom. The lowest BCUT2D eigenvalue weighted by molar-refractivity contribution is -0.132. The molecule has 4 rings (SSSR count).